The Bertz CT molecular complexity index is 436. The molecule has 26 heavy (non-hydrogen) atoms. The standard InChI is InChI=1S/C13H29N5.C4H4O4/c1-16-8-10-18(11-9-16)7-5-14-15-13-4-3-6-17(2)12-13;5-3(6)1-2-4(7)8/h13-15H,3-12H2,1-2H3;1-2H,(H,5,6)(H,7,8)/b;2-1-. The van der Waals surface area contributed by atoms with Crippen molar-refractivity contribution in [3.63, 3.8) is 0 Å². The van der Waals surface area contributed by atoms with Crippen LogP contribution in [0.5, 0.6) is 0 Å². The molecule has 0 aromatic rings. The van der Waals surface area contributed by atoms with Gasteiger partial charge in [-0.3, -0.25) is 15.8 Å². The van der Waals surface area contributed by atoms with Crippen LogP contribution in [0.15, 0.2) is 12.2 Å². The average molecular weight is 371 g/mol. The van der Waals surface area contributed by atoms with Crippen molar-refractivity contribution in [2.24, 2.45) is 0 Å². The van der Waals surface area contributed by atoms with Crippen molar-refractivity contribution in [3.05, 3.63) is 12.2 Å². The molecule has 9 nitrogen and oxygen atoms in total. The van der Waals surface area contributed by atoms with E-state index < -0.39 is 11.9 Å². The number of hydrogen-bond donors (Lipinski definition) is 4. The Kier molecular flexibility index (Phi) is 11.1. The van der Waals surface area contributed by atoms with Crippen molar-refractivity contribution in [3.8, 4) is 0 Å². The van der Waals surface area contributed by atoms with Crippen LogP contribution in [0.1, 0.15) is 12.8 Å². The van der Waals surface area contributed by atoms with Gasteiger partial charge in [0.05, 0.1) is 0 Å². The van der Waals surface area contributed by atoms with E-state index in [-0.39, 0.29) is 0 Å². The van der Waals surface area contributed by atoms with Crippen LogP contribution in [-0.4, -0.2) is 109 Å². The van der Waals surface area contributed by atoms with Gasteiger partial charge in [-0.1, -0.05) is 0 Å². The van der Waals surface area contributed by atoms with E-state index in [1.165, 1.54) is 52.1 Å². The van der Waals surface area contributed by atoms with E-state index in [0.717, 1.165) is 13.1 Å². The molecular weight excluding hydrogens is 338 g/mol. The monoisotopic (exact) mass is 371 g/mol. The Morgan fingerprint density at radius 2 is 1.62 bits per heavy atom. The van der Waals surface area contributed by atoms with Gasteiger partial charge in [0.15, 0.2) is 0 Å². The summed E-state index contributed by atoms with van der Waals surface area (Å²) in [7, 11) is 4.41. The van der Waals surface area contributed by atoms with Crippen LogP contribution in [0, 0.1) is 0 Å². The third-order valence-electron chi connectivity index (χ3n) is 4.45. The largest absolute Gasteiger partial charge is 0.478 e. The number of likely N-dealkylation sites (tertiary alicyclic amines) is 1. The fraction of sp³-hybridized carbons (Fsp3) is 0.765. The zero-order valence-electron chi connectivity index (χ0n) is 15.9. The number of nitrogens with one attached hydrogen (secondary N) is 2. The van der Waals surface area contributed by atoms with E-state index in [9.17, 15) is 9.59 Å². The molecule has 0 aromatic carbocycles. The van der Waals surface area contributed by atoms with Crippen LogP contribution in [0.25, 0.3) is 0 Å². The SMILES string of the molecule is CN1CCN(CCNNC2CCCN(C)C2)CC1.O=C(O)/C=C\C(=O)O. The number of hydrogen-bond acceptors (Lipinski definition) is 7. The van der Waals surface area contributed by atoms with Gasteiger partial charge in [-0.15, -0.1) is 0 Å². The lowest BCUT2D eigenvalue weighted by atomic mass is 10.1. The highest BCUT2D eigenvalue weighted by Crippen LogP contribution is 2.06. The molecule has 2 aliphatic rings. The number of likely N-dealkylation sites (N-methyl/N-ethyl adjacent to an activating group) is 2. The lowest BCUT2D eigenvalue weighted by molar-refractivity contribution is -0.134. The van der Waals surface area contributed by atoms with E-state index in [0.29, 0.717) is 18.2 Å². The second-order valence-electron chi connectivity index (χ2n) is 6.83. The maximum Gasteiger partial charge on any atom is 0.328 e. The third kappa shape index (κ3) is 11.2. The van der Waals surface area contributed by atoms with Crippen molar-refractivity contribution < 1.29 is 19.8 Å². The topological polar surface area (TPSA) is 108 Å². The van der Waals surface area contributed by atoms with Crippen LogP contribution in [0.3, 0.4) is 0 Å². The van der Waals surface area contributed by atoms with Gasteiger partial charge in [0.25, 0.3) is 0 Å². The van der Waals surface area contributed by atoms with Gasteiger partial charge in [-0.25, -0.2) is 9.59 Å². The summed E-state index contributed by atoms with van der Waals surface area (Å²) in [4.78, 5) is 26.5. The van der Waals surface area contributed by atoms with Gasteiger partial charge >= 0.3 is 11.9 Å². The lowest BCUT2D eigenvalue weighted by Gasteiger charge is -2.33. The first-order valence-corrected chi connectivity index (χ1v) is 9.08. The molecule has 1 unspecified atom stereocenters. The van der Waals surface area contributed by atoms with Crippen LogP contribution in [-0.2, 0) is 9.59 Å². The number of nitrogens with zero attached hydrogens (tertiary/aromatic N) is 3. The van der Waals surface area contributed by atoms with Gasteiger partial charge in [0.1, 0.15) is 0 Å². The number of carboxylic acids is 2. The first-order chi connectivity index (χ1) is 12.4. The molecule has 0 saturated carbocycles. The highest BCUT2D eigenvalue weighted by Gasteiger charge is 2.16. The summed E-state index contributed by atoms with van der Waals surface area (Å²) in [6, 6.07) is 0.622. The number of aliphatic carboxylic acids is 2. The first kappa shape index (κ1) is 22.5. The maximum atomic E-state index is 9.55. The molecule has 0 amide bonds. The molecule has 2 heterocycles. The van der Waals surface area contributed by atoms with Crippen LogP contribution >= 0.6 is 0 Å². The fourth-order valence-electron chi connectivity index (χ4n) is 2.93. The average Bonchev–Trinajstić information content (AvgIpc) is 2.59. The van der Waals surface area contributed by atoms with Crippen LogP contribution in [0.2, 0.25) is 0 Å². The third-order valence-corrected chi connectivity index (χ3v) is 4.45. The zero-order chi connectivity index (χ0) is 19.4. The minimum absolute atomic E-state index is 0.558. The molecule has 9 heteroatoms. The van der Waals surface area contributed by atoms with Crippen molar-refractivity contribution in [2.45, 2.75) is 18.9 Å². The Morgan fingerprint density at radius 3 is 2.15 bits per heavy atom. The molecule has 0 bridgehead atoms. The van der Waals surface area contributed by atoms with Crippen LogP contribution in [0.4, 0.5) is 0 Å². The van der Waals surface area contributed by atoms with Gasteiger partial charge < -0.3 is 20.0 Å². The highest BCUT2D eigenvalue weighted by atomic mass is 16.4. The number of piperidine rings is 1. The lowest BCUT2D eigenvalue weighted by Crippen LogP contribution is -2.52. The molecule has 0 radical (unpaired) electrons. The van der Waals surface area contributed by atoms with Gasteiger partial charge in [0.2, 0.25) is 0 Å². The van der Waals surface area contributed by atoms with E-state index in [1.54, 1.807) is 0 Å². The molecule has 1 atom stereocenters. The molecule has 150 valence electrons. The van der Waals surface area contributed by atoms with Crippen molar-refractivity contribution in [2.75, 3.05) is 66.5 Å². The summed E-state index contributed by atoms with van der Waals surface area (Å²) in [5.41, 5.74) is 6.87. The molecule has 2 rings (SSSR count). The Morgan fingerprint density at radius 1 is 1.00 bits per heavy atom. The molecule has 2 saturated heterocycles. The number of carboxylic acid groups (broad SMARTS) is 2. The van der Waals surface area contributed by atoms with Crippen molar-refractivity contribution in [1.29, 1.82) is 0 Å². The maximum absolute atomic E-state index is 9.55. The van der Waals surface area contributed by atoms with Gasteiger partial charge in [0, 0.05) is 64.0 Å². The Labute approximate surface area is 155 Å². The van der Waals surface area contributed by atoms with Crippen molar-refractivity contribution in [1.82, 2.24) is 25.6 Å². The fourth-order valence-corrected chi connectivity index (χ4v) is 2.93. The number of carbonyl (C=O) groups is 2. The van der Waals surface area contributed by atoms with Gasteiger partial charge in [-0.2, -0.15) is 0 Å². The normalized spacial score (nSPS) is 22.8. The molecule has 0 spiro atoms. The van der Waals surface area contributed by atoms with E-state index in [4.69, 9.17) is 10.2 Å². The minimum Gasteiger partial charge on any atom is -0.478 e. The summed E-state index contributed by atoms with van der Waals surface area (Å²) in [6.07, 6.45) is 3.73. The summed E-state index contributed by atoms with van der Waals surface area (Å²) >= 11 is 0. The molecule has 2 fully saturated rings. The summed E-state index contributed by atoms with van der Waals surface area (Å²) in [6.45, 7) is 9.46. The van der Waals surface area contributed by atoms with Gasteiger partial charge in [-0.05, 0) is 33.5 Å². The quantitative estimate of drug-likeness (QED) is 0.258. The van der Waals surface area contributed by atoms with E-state index >= 15 is 0 Å². The summed E-state index contributed by atoms with van der Waals surface area (Å²) < 4.78 is 0. The summed E-state index contributed by atoms with van der Waals surface area (Å²) in [5, 5.41) is 15.6. The highest BCUT2D eigenvalue weighted by molar-refractivity contribution is 5.89. The number of hydrazine groups is 1. The molecule has 0 aliphatic carbocycles. The number of piperazine rings is 1. The van der Waals surface area contributed by atoms with Crippen molar-refractivity contribution >= 4 is 11.9 Å². The Balaban J connectivity index is 0.000000359. The summed E-state index contributed by atoms with van der Waals surface area (Å²) in [5.74, 6) is -2.51. The predicted molar refractivity (Wildman–Crippen MR) is 100 cm³/mol. The second-order valence-corrected chi connectivity index (χ2v) is 6.83. The van der Waals surface area contributed by atoms with Crippen LogP contribution < -0.4 is 10.9 Å². The number of rotatable bonds is 7. The Hall–Kier alpha value is -1.52. The molecule has 4 N–H and O–H groups in total. The van der Waals surface area contributed by atoms with E-state index in [2.05, 4.69) is 39.6 Å². The predicted octanol–water partition coefficient (Wildman–Crippen LogP) is -0.866. The molecular formula is C17H33N5O4. The minimum atomic E-state index is -1.26. The molecule has 0 aromatic heterocycles. The first-order valence-electron chi connectivity index (χ1n) is 9.08. The second kappa shape index (κ2) is 12.8. The smallest absolute Gasteiger partial charge is 0.328 e. The van der Waals surface area contributed by atoms with E-state index in [1.807, 2.05) is 0 Å². The zero-order valence-corrected chi connectivity index (χ0v) is 15.9. The molecule has 2 aliphatic heterocycles.